The molecular weight excluding hydrogens is 291 g/mol. The molecule has 0 unspecified atom stereocenters. The topological polar surface area (TPSA) is 81.6 Å². The highest BCUT2D eigenvalue weighted by molar-refractivity contribution is 5.90. The summed E-state index contributed by atoms with van der Waals surface area (Å²) in [7, 11) is 0.798. The average Bonchev–Trinajstić information content (AvgIpc) is 2.35. The molecule has 3 N–H and O–H groups in total. The maximum Gasteiger partial charge on any atom is 0.464 e. The largest absolute Gasteiger partial charge is 0.464 e. The molecule has 1 atom stereocenters. The second kappa shape index (κ2) is 5.98. The van der Waals surface area contributed by atoms with E-state index in [1.54, 1.807) is 18.3 Å². The molecule has 1 aromatic rings. The second-order valence-corrected chi connectivity index (χ2v) is 4.33. The molecule has 0 fully saturated rings. The van der Waals surface area contributed by atoms with Crippen molar-refractivity contribution in [1.82, 2.24) is 5.32 Å². The van der Waals surface area contributed by atoms with Crippen LogP contribution in [-0.4, -0.2) is 30.8 Å². The molecule has 1 aromatic heterocycles. The number of ether oxygens (including phenoxy) is 1. The molecule has 0 aromatic carbocycles. The Hall–Kier alpha value is -2.32. The van der Waals surface area contributed by atoms with Gasteiger partial charge in [-0.3, -0.25) is 10.1 Å². The smallest absolute Gasteiger partial charge is 0.464 e. The Morgan fingerprint density at radius 1 is 1.33 bits per heavy atom. The number of hydrogen-bond acceptors (Lipinski definition) is 4. The number of aromatic nitrogens is 1. The Morgan fingerprint density at radius 3 is 2.38 bits per heavy atom. The highest BCUT2D eigenvalue weighted by Crippen LogP contribution is 2.32. The lowest BCUT2D eigenvalue weighted by molar-refractivity contribution is -0.363. The van der Waals surface area contributed by atoms with Crippen molar-refractivity contribution in [3.05, 3.63) is 23.9 Å². The van der Waals surface area contributed by atoms with Crippen molar-refractivity contribution in [3.8, 4) is 0 Å². The third-order valence-electron chi connectivity index (χ3n) is 2.56. The van der Waals surface area contributed by atoms with Gasteiger partial charge in [0.1, 0.15) is 0 Å². The van der Waals surface area contributed by atoms with Gasteiger partial charge in [-0.1, -0.05) is 0 Å². The quantitative estimate of drug-likeness (QED) is 0.636. The number of pyridine rings is 1. The molecule has 0 saturated carbocycles. The normalized spacial score (nSPS) is 14.0. The van der Waals surface area contributed by atoms with Crippen LogP contribution in [0, 0.1) is 6.92 Å². The molecule has 0 spiro atoms. The Balaban J connectivity index is 3.34. The molecule has 0 aliphatic rings. The van der Waals surface area contributed by atoms with Gasteiger partial charge in [0.25, 0.3) is 5.82 Å². The van der Waals surface area contributed by atoms with E-state index in [2.05, 4.69) is 9.72 Å². The minimum absolute atomic E-state index is 0.105. The van der Waals surface area contributed by atoms with Gasteiger partial charge in [0.2, 0.25) is 5.91 Å². The number of hydrogen-bond donors (Lipinski definition) is 2. The zero-order chi connectivity index (χ0) is 16.3. The number of rotatable bonds is 4. The van der Waals surface area contributed by atoms with Crippen molar-refractivity contribution in [2.45, 2.75) is 25.7 Å². The minimum Gasteiger partial charge on any atom is -0.464 e. The lowest BCUT2D eigenvalue weighted by Gasteiger charge is -2.29. The van der Waals surface area contributed by atoms with Crippen LogP contribution in [0.25, 0.3) is 0 Å². The van der Waals surface area contributed by atoms with Gasteiger partial charge in [-0.2, -0.15) is 13.2 Å². The van der Waals surface area contributed by atoms with Crippen molar-refractivity contribution in [2.24, 2.45) is 0 Å². The summed E-state index contributed by atoms with van der Waals surface area (Å²) in [5.41, 5.74) is -2.72. The fourth-order valence-electron chi connectivity index (χ4n) is 1.66. The number of alkyl halides is 3. The SMILES string of the molecule is COC(=O)[C@@](NC(C)=O)(Nc1cc(C)cc[nH+]1)C(F)(F)F. The second-order valence-electron chi connectivity index (χ2n) is 4.33. The molecule has 0 saturated heterocycles. The van der Waals surface area contributed by atoms with E-state index in [4.69, 9.17) is 0 Å². The molecule has 0 radical (unpaired) electrons. The van der Waals surface area contributed by atoms with E-state index in [-0.39, 0.29) is 5.82 Å². The number of aromatic amines is 1. The summed E-state index contributed by atoms with van der Waals surface area (Å²) < 4.78 is 44.3. The van der Waals surface area contributed by atoms with Crippen LogP contribution in [0.5, 0.6) is 0 Å². The summed E-state index contributed by atoms with van der Waals surface area (Å²) in [6.07, 6.45) is -3.73. The number of carbonyl (C=O) groups excluding carboxylic acids is 2. The van der Waals surface area contributed by atoms with Gasteiger partial charge in [-0.15, -0.1) is 0 Å². The maximum atomic E-state index is 13.4. The first kappa shape index (κ1) is 16.7. The van der Waals surface area contributed by atoms with E-state index >= 15 is 0 Å². The van der Waals surface area contributed by atoms with E-state index in [1.165, 1.54) is 12.3 Å². The molecule has 0 aliphatic heterocycles. The third-order valence-corrected chi connectivity index (χ3v) is 2.56. The highest BCUT2D eigenvalue weighted by Gasteiger charge is 2.67. The summed E-state index contributed by atoms with van der Waals surface area (Å²) in [5.74, 6) is -2.83. The number of nitrogens with one attached hydrogen (secondary N) is 3. The first-order valence-electron chi connectivity index (χ1n) is 5.83. The molecule has 0 bridgehead atoms. The summed E-state index contributed by atoms with van der Waals surface area (Å²) in [6.45, 7) is 2.52. The summed E-state index contributed by atoms with van der Waals surface area (Å²) >= 11 is 0. The maximum absolute atomic E-state index is 13.4. The lowest BCUT2D eigenvalue weighted by Crippen LogP contribution is -2.69. The Kier molecular flexibility index (Phi) is 4.77. The average molecular weight is 306 g/mol. The predicted octanol–water partition coefficient (Wildman–Crippen LogP) is 0.789. The van der Waals surface area contributed by atoms with Crippen LogP contribution < -0.4 is 15.6 Å². The molecule has 1 heterocycles. The zero-order valence-electron chi connectivity index (χ0n) is 11.6. The number of esters is 1. The third kappa shape index (κ3) is 3.61. The van der Waals surface area contributed by atoms with Crippen LogP contribution in [0.4, 0.5) is 19.0 Å². The minimum atomic E-state index is -5.12. The van der Waals surface area contributed by atoms with E-state index in [0.29, 0.717) is 5.56 Å². The molecule has 9 heteroatoms. The van der Waals surface area contributed by atoms with Crippen molar-refractivity contribution in [3.63, 3.8) is 0 Å². The van der Waals surface area contributed by atoms with E-state index < -0.39 is 23.7 Å². The van der Waals surface area contributed by atoms with Gasteiger partial charge in [-0.25, -0.2) is 15.1 Å². The van der Waals surface area contributed by atoms with Crippen LogP contribution in [0.2, 0.25) is 0 Å². The fraction of sp³-hybridized carbons (Fsp3) is 0.417. The Labute approximate surface area is 118 Å². The number of methoxy groups -OCH3 is 1. The molecule has 1 amide bonds. The summed E-state index contributed by atoms with van der Waals surface area (Å²) in [6, 6.07) is 2.97. The van der Waals surface area contributed by atoms with Crippen LogP contribution in [-0.2, 0) is 14.3 Å². The lowest BCUT2D eigenvalue weighted by atomic mass is 10.1. The predicted molar refractivity (Wildman–Crippen MR) is 66.0 cm³/mol. The monoisotopic (exact) mass is 306 g/mol. The molecule has 6 nitrogen and oxygen atoms in total. The first-order valence-corrected chi connectivity index (χ1v) is 5.83. The van der Waals surface area contributed by atoms with Crippen LogP contribution >= 0.6 is 0 Å². The van der Waals surface area contributed by atoms with Gasteiger partial charge < -0.3 is 4.74 Å². The van der Waals surface area contributed by atoms with Crippen molar-refractivity contribution < 1.29 is 32.5 Å². The Morgan fingerprint density at radius 2 is 1.95 bits per heavy atom. The van der Waals surface area contributed by atoms with Crippen molar-refractivity contribution >= 4 is 17.7 Å². The summed E-state index contributed by atoms with van der Waals surface area (Å²) in [4.78, 5) is 25.3. The summed E-state index contributed by atoms with van der Waals surface area (Å²) in [5, 5.41) is 3.55. The zero-order valence-corrected chi connectivity index (χ0v) is 11.6. The molecular formula is C12H15F3N3O3+. The number of halogens is 3. The molecule has 21 heavy (non-hydrogen) atoms. The molecule has 1 rings (SSSR count). The Bertz CT molecular complexity index is 548. The van der Waals surface area contributed by atoms with E-state index in [0.717, 1.165) is 14.0 Å². The van der Waals surface area contributed by atoms with Gasteiger partial charge in [-0.05, 0) is 18.6 Å². The van der Waals surface area contributed by atoms with Crippen molar-refractivity contribution in [1.29, 1.82) is 0 Å². The number of anilines is 1. The highest BCUT2D eigenvalue weighted by atomic mass is 19.4. The number of H-pyrrole nitrogens is 1. The number of amides is 1. The van der Waals surface area contributed by atoms with E-state index in [9.17, 15) is 22.8 Å². The fourth-order valence-corrected chi connectivity index (χ4v) is 1.66. The van der Waals surface area contributed by atoms with Crippen molar-refractivity contribution in [2.75, 3.05) is 12.4 Å². The van der Waals surface area contributed by atoms with Gasteiger partial charge in [0.15, 0.2) is 0 Å². The first-order chi connectivity index (χ1) is 9.62. The van der Waals surface area contributed by atoms with Crippen LogP contribution in [0.3, 0.4) is 0 Å². The van der Waals surface area contributed by atoms with Crippen LogP contribution in [0.1, 0.15) is 12.5 Å². The standard InChI is InChI=1S/C12H14F3N3O3/c1-7-4-5-16-9(6-7)18-11(10(20)21-3,12(13,14)15)17-8(2)19/h4-6H,1-3H3,(H,16,18)(H,17,19)/p+1/t11-/m1/s1. The molecule has 116 valence electrons. The van der Waals surface area contributed by atoms with Gasteiger partial charge in [0, 0.05) is 13.0 Å². The number of carbonyl (C=O) groups is 2. The van der Waals surface area contributed by atoms with Crippen LogP contribution in [0.15, 0.2) is 18.3 Å². The van der Waals surface area contributed by atoms with Gasteiger partial charge in [0.05, 0.1) is 13.3 Å². The molecule has 0 aliphatic carbocycles. The van der Waals surface area contributed by atoms with Gasteiger partial charge >= 0.3 is 17.8 Å². The van der Waals surface area contributed by atoms with E-state index in [1.807, 2.05) is 5.32 Å². The number of aryl methyl sites for hydroxylation is 1.